The van der Waals surface area contributed by atoms with Crippen molar-refractivity contribution in [2.45, 2.75) is 314 Å². The van der Waals surface area contributed by atoms with Crippen LogP contribution in [0.25, 0.3) is 0 Å². The number of benzene rings is 4. The van der Waals surface area contributed by atoms with Crippen LogP contribution in [0.3, 0.4) is 0 Å². The van der Waals surface area contributed by atoms with E-state index < -0.39 is 28.5 Å². The SMILES string of the molecule is C=CC1(OC(=O)C(C)(C)CC)CCCC1.CCC(C)(C)C(=O)OC1(C(C)C)CCCC1.CCC(C)(C)C(=O)OC1(c2ccccc2)CCCCC1.CCC(C)(C)C(=O)OC1CCOC1=O.CCC(C)c1ccc(O)cc1.CCC(C)c1ccc(O)cc1.CCC(C)c1ccc(O)cc1. The highest BCUT2D eigenvalue weighted by atomic mass is 16.6. The van der Waals surface area contributed by atoms with E-state index in [9.17, 15) is 24.0 Å². The van der Waals surface area contributed by atoms with E-state index in [4.69, 9.17) is 39.0 Å². The van der Waals surface area contributed by atoms with Crippen LogP contribution < -0.4 is 0 Å². The Morgan fingerprint density at radius 2 is 0.816 bits per heavy atom. The van der Waals surface area contributed by atoms with Crippen molar-refractivity contribution in [3.8, 4) is 17.2 Å². The fraction of sp³-hybridized carbons (Fsp3) is 0.635. The van der Waals surface area contributed by atoms with Crippen molar-refractivity contribution in [2.24, 2.45) is 27.6 Å². The molecule has 1 saturated heterocycles. The molecule has 0 radical (unpaired) electrons. The van der Waals surface area contributed by atoms with Gasteiger partial charge >= 0.3 is 29.8 Å². The number of aromatic hydroxyl groups is 3. The smallest absolute Gasteiger partial charge is 0.347 e. The lowest BCUT2D eigenvalue weighted by Crippen LogP contribution is -2.41. The van der Waals surface area contributed by atoms with Crippen molar-refractivity contribution in [2.75, 3.05) is 6.61 Å². The second-order valence-corrected chi connectivity index (χ2v) is 30.5. The molecule has 0 amide bonds. The molecule has 8 rings (SSSR count). The van der Waals surface area contributed by atoms with E-state index in [-0.39, 0.29) is 45.9 Å². The van der Waals surface area contributed by atoms with E-state index >= 15 is 0 Å². The van der Waals surface area contributed by atoms with Crippen molar-refractivity contribution < 1.29 is 63.0 Å². The van der Waals surface area contributed by atoms with Gasteiger partial charge in [0.25, 0.3) is 0 Å². The zero-order chi connectivity index (χ0) is 74.1. The lowest BCUT2D eigenvalue weighted by molar-refractivity contribution is -0.176. The highest BCUT2D eigenvalue weighted by Crippen LogP contribution is 2.44. The van der Waals surface area contributed by atoms with E-state index in [0.717, 1.165) is 108 Å². The summed E-state index contributed by atoms with van der Waals surface area (Å²) in [4.78, 5) is 59.2. The van der Waals surface area contributed by atoms with Gasteiger partial charge in [0, 0.05) is 6.42 Å². The maximum absolute atomic E-state index is 12.5. The maximum atomic E-state index is 12.5. The first-order valence-electron chi connectivity index (χ1n) is 37.1. The predicted molar refractivity (Wildman–Crippen MR) is 399 cm³/mol. The maximum Gasteiger partial charge on any atom is 0.347 e. The van der Waals surface area contributed by atoms with Gasteiger partial charge in [0.05, 0.1) is 28.3 Å². The summed E-state index contributed by atoms with van der Waals surface area (Å²) in [6.45, 7) is 44.9. The molecule has 4 atom stereocenters. The van der Waals surface area contributed by atoms with Crippen LogP contribution >= 0.6 is 0 Å². The van der Waals surface area contributed by atoms with Crippen LogP contribution in [0.5, 0.6) is 17.2 Å². The van der Waals surface area contributed by atoms with Gasteiger partial charge < -0.3 is 39.0 Å². The van der Waals surface area contributed by atoms with Gasteiger partial charge in [0.2, 0.25) is 6.10 Å². The Labute approximate surface area is 593 Å². The van der Waals surface area contributed by atoms with Crippen molar-refractivity contribution in [3.05, 3.63) is 138 Å². The second kappa shape index (κ2) is 41.8. The molecule has 4 fully saturated rings. The number of hydrogen-bond acceptors (Lipinski definition) is 13. The zero-order valence-corrected chi connectivity index (χ0v) is 64.5. The van der Waals surface area contributed by atoms with E-state index in [0.29, 0.717) is 60.4 Å². The van der Waals surface area contributed by atoms with E-state index in [1.165, 1.54) is 36.0 Å². The molecule has 4 aromatic carbocycles. The van der Waals surface area contributed by atoms with E-state index in [1.807, 2.05) is 130 Å². The molecule has 0 spiro atoms. The molecule has 4 aromatic rings. The highest BCUT2D eigenvalue weighted by Gasteiger charge is 2.44. The molecular formula is C85H132O13. The van der Waals surface area contributed by atoms with Crippen molar-refractivity contribution in [3.63, 3.8) is 0 Å². The monoisotopic (exact) mass is 1360 g/mol. The van der Waals surface area contributed by atoms with Crippen LogP contribution in [0.4, 0.5) is 0 Å². The number of phenolic OH excluding ortho intramolecular Hbond substituents is 3. The number of hydrogen-bond donors (Lipinski definition) is 3. The Morgan fingerprint density at radius 1 is 0.480 bits per heavy atom. The summed E-state index contributed by atoms with van der Waals surface area (Å²) in [5, 5.41) is 27.0. The second-order valence-electron chi connectivity index (χ2n) is 30.5. The van der Waals surface area contributed by atoms with Gasteiger partial charge in [-0.2, -0.15) is 0 Å². The average Bonchev–Trinajstić information content (AvgIpc) is 0.823. The van der Waals surface area contributed by atoms with Crippen molar-refractivity contribution in [1.29, 1.82) is 0 Å². The summed E-state index contributed by atoms with van der Waals surface area (Å²) in [7, 11) is 0. The summed E-state index contributed by atoms with van der Waals surface area (Å²) in [6.07, 6.45) is 22.1. The number of carbonyl (C=O) groups excluding carboxylic acids is 5. The third-order valence-electron chi connectivity index (χ3n) is 21.3. The van der Waals surface area contributed by atoms with E-state index in [2.05, 4.69) is 74.1 Å². The molecular weight excluding hydrogens is 1230 g/mol. The van der Waals surface area contributed by atoms with Gasteiger partial charge in [-0.05, 0) is 266 Å². The molecule has 98 heavy (non-hydrogen) atoms. The minimum Gasteiger partial charge on any atom is -0.508 e. The molecule has 13 heteroatoms. The number of phenols is 3. The number of carbonyl (C=O) groups is 5. The standard InChI is InChI=1S/C18H26O2.C14H26O2.C13H22O2.C10H16O4.3C10H14O/c1-4-17(2,3)16(19)20-18(13-9-6-10-14-18)15-11-7-5-8-12-15;1-6-13(4,5)12(15)16-14(11(2)3)9-7-8-10-14;1-5-12(3,4)11(14)15-13(6-2)9-7-8-10-13;1-4-10(2,3)9(12)14-7-5-6-13-8(7)11;3*1-3-8(2)9-4-6-10(11)7-5-9/h5,7-8,11-12H,4,6,9-10,13-14H2,1-3H3;11H,6-10H2,1-5H3;6H,2,5,7-10H2,1,3-4H3;7H,4-6H2,1-3H3;3*4-8,11H,3H2,1-2H3. The predicted octanol–water partition coefficient (Wildman–Crippen LogP) is 22.2. The first-order valence-corrected chi connectivity index (χ1v) is 37.1. The quantitative estimate of drug-likeness (QED) is 0.0406. The Morgan fingerprint density at radius 3 is 1.14 bits per heavy atom. The molecule has 1 heterocycles. The molecule has 1 aliphatic heterocycles. The molecule has 3 aliphatic carbocycles. The molecule has 550 valence electrons. The van der Waals surface area contributed by atoms with Gasteiger partial charge in [0.15, 0.2) is 0 Å². The fourth-order valence-corrected chi connectivity index (χ4v) is 10.9. The van der Waals surface area contributed by atoms with Crippen LogP contribution in [-0.4, -0.2) is 69.1 Å². The molecule has 3 N–H and O–H groups in total. The minimum atomic E-state index is -0.687. The molecule has 13 nitrogen and oxygen atoms in total. The molecule has 0 aromatic heterocycles. The number of ether oxygens (including phenoxy) is 5. The number of esters is 5. The molecule has 0 bridgehead atoms. The Bertz CT molecular complexity index is 2820. The third-order valence-corrected chi connectivity index (χ3v) is 21.3. The molecule has 4 aliphatic rings. The van der Waals surface area contributed by atoms with Crippen LogP contribution in [0.1, 0.15) is 313 Å². The highest BCUT2D eigenvalue weighted by molar-refractivity contribution is 5.83. The summed E-state index contributed by atoms with van der Waals surface area (Å²) >= 11 is 0. The average molecular weight is 1360 g/mol. The number of rotatable bonds is 21. The first-order chi connectivity index (χ1) is 46.0. The third kappa shape index (κ3) is 28.2. The lowest BCUT2D eigenvalue weighted by atomic mass is 9.79. The van der Waals surface area contributed by atoms with Gasteiger partial charge in [-0.15, -0.1) is 0 Å². The summed E-state index contributed by atoms with van der Waals surface area (Å²) in [5.41, 5.74) is 2.45. The van der Waals surface area contributed by atoms with Gasteiger partial charge in [-0.1, -0.05) is 163 Å². The minimum absolute atomic E-state index is 0.0226. The number of cyclic esters (lactones) is 1. The van der Waals surface area contributed by atoms with Crippen LogP contribution in [-0.2, 0) is 53.3 Å². The zero-order valence-electron chi connectivity index (χ0n) is 64.5. The topological polar surface area (TPSA) is 192 Å². The Balaban J connectivity index is 0.000000393. The van der Waals surface area contributed by atoms with Gasteiger partial charge in [-0.3, -0.25) is 19.2 Å². The van der Waals surface area contributed by atoms with Crippen molar-refractivity contribution >= 4 is 29.8 Å². The van der Waals surface area contributed by atoms with Crippen molar-refractivity contribution in [1.82, 2.24) is 0 Å². The summed E-state index contributed by atoms with van der Waals surface area (Å²) in [6, 6.07) is 32.5. The molecule has 3 saturated carbocycles. The van der Waals surface area contributed by atoms with Gasteiger partial charge in [-0.25, -0.2) is 4.79 Å². The van der Waals surface area contributed by atoms with Crippen LogP contribution in [0.15, 0.2) is 116 Å². The Hall–Kier alpha value is -6.63. The normalized spacial score (nSPS) is 17.6. The summed E-state index contributed by atoms with van der Waals surface area (Å²) < 4.78 is 27.4. The largest absolute Gasteiger partial charge is 0.508 e. The fourth-order valence-electron chi connectivity index (χ4n) is 10.9. The molecule has 4 unspecified atom stereocenters. The van der Waals surface area contributed by atoms with Crippen LogP contribution in [0, 0.1) is 27.6 Å². The Kier molecular flexibility index (Phi) is 37.3. The van der Waals surface area contributed by atoms with Crippen LogP contribution in [0.2, 0.25) is 0 Å². The van der Waals surface area contributed by atoms with E-state index in [1.54, 1.807) is 50.2 Å². The lowest BCUT2D eigenvalue weighted by Gasteiger charge is -2.39. The van der Waals surface area contributed by atoms with Gasteiger partial charge in [0.1, 0.15) is 34.1 Å². The summed E-state index contributed by atoms with van der Waals surface area (Å²) in [5.74, 6) is 2.30. The first kappa shape index (κ1) is 87.5.